The van der Waals surface area contributed by atoms with Gasteiger partial charge in [0.25, 0.3) is 0 Å². The van der Waals surface area contributed by atoms with Gasteiger partial charge in [-0.05, 0) is 43.9 Å². The number of carbonyl (C=O) groups is 1. The summed E-state index contributed by atoms with van der Waals surface area (Å²) in [5.74, 6) is 1.39. The third kappa shape index (κ3) is 5.25. The maximum Gasteiger partial charge on any atom is 0.241 e. The van der Waals surface area contributed by atoms with Crippen LogP contribution < -0.4 is 10.2 Å². The second kappa shape index (κ2) is 10.2. The van der Waals surface area contributed by atoms with Crippen LogP contribution in [0.5, 0.6) is 0 Å². The van der Waals surface area contributed by atoms with Crippen molar-refractivity contribution in [2.45, 2.75) is 32.2 Å². The molecule has 2 aliphatic heterocycles. The number of anilines is 1. The maximum atomic E-state index is 12.8. The monoisotopic (exact) mass is 445 g/mol. The molecule has 0 aliphatic carbocycles. The van der Waals surface area contributed by atoms with Crippen LogP contribution in [-0.4, -0.2) is 53.7 Å². The average Bonchev–Trinajstić information content (AvgIpc) is 3.50. The largest absolute Gasteiger partial charge is 0.371 e. The predicted octanol–water partition coefficient (Wildman–Crippen LogP) is 3.52. The first kappa shape index (κ1) is 21.6. The molecule has 2 aliphatic rings. The Hall–Kier alpha value is -3.19. The van der Waals surface area contributed by atoms with Crippen molar-refractivity contribution in [3.05, 3.63) is 66.1 Å². The van der Waals surface area contributed by atoms with Gasteiger partial charge in [0.1, 0.15) is 0 Å². The quantitative estimate of drug-likeness (QED) is 0.535. The van der Waals surface area contributed by atoms with Crippen LogP contribution in [-0.2, 0) is 17.8 Å². The Kier molecular flexibility index (Phi) is 6.67. The summed E-state index contributed by atoms with van der Waals surface area (Å²) >= 11 is 0. The summed E-state index contributed by atoms with van der Waals surface area (Å²) in [6.07, 6.45) is 4.01. The highest BCUT2D eigenvalue weighted by molar-refractivity contribution is 5.78. The number of amides is 1. The first-order valence-electron chi connectivity index (χ1n) is 12.0. The van der Waals surface area contributed by atoms with Crippen LogP contribution in [0.1, 0.15) is 30.7 Å². The van der Waals surface area contributed by atoms with Crippen molar-refractivity contribution >= 4 is 11.6 Å². The van der Waals surface area contributed by atoms with Crippen molar-refractivity contribution in [2.75, 3.05) is 37.6 Å². The van der Waals surface area contributed by atoms with Crippen LogP contribution in [0, 0.1) is 5.92 Å². The zero-order chi connectivity index (χ0) is 22.5. The number of benzene rings is 2. The molecule has 0 spiro atoms. The minimum atomic E-state index is 0.0165. The Bertz CT molecular complexity index is 1070. The molecule has 5 rings (SSSR count). The normalized spacial score (nSPS) is 18.3. The van der Waals surface area contributed by atoms with E-state index >= 15 is 0 Å². The third-order valence-electron chi connectivity index (χ3n) is 6.62. The lowest BCUT2D eigenvalue weighted by molar-refractivity contribution is -0.126. The van der Waals surface area contributed by atoms with E-state index in [2.05, 4.69) is 49.5 Å². The van der Waals surface area contributed by atoms with E-state index in [0.29, 0.717) is 18.3 Å². The number of fused-ring (bicyclic) bond motifs is 1. The molecule has 1 N–H and O–H groups in total. The fourth-order valence-electron chi connectivity index (χ4n) is 4.89. The van der Waals surface area contributed by atoms with Gasteiger partial charge in [-0.3, -0.25) is 9.69 Å². The highest BCUT2D eigenvalue weighted by Crippen LogP contribution is 2.27. The van der Waals surface area contributed by atoms with E-state index < -0.39 is 0 Å². The first-order chi connectivity index (χ1) is 16.3. The van der Waals surface area contributed by atoms with Gasteiger partial charge in [-0.2, -0.15) is 4.98 Å². The molecular formula is C26H31N5O2. The van der Waals surface area contributed by atoms with E-state index in [1.165, 1.54) is 11.3 Å². The van der Waals surface area contributed by atoms with Gasteiger partial charge in [-0.25, -0.2) is 0 Å². The summed E-state index contributed by atoms with van der Waals surface area (Å²) in [5.41, 5.74) is 3.73. The number of hydrogen-bond donors (Lipinski definition) is 1. The van der Waals surface area contributed by atoms with Crippen molar-refractivity contribution in [1.82, 2.24) is 20.4 Å². The second-order valence-corrected chi connectivity index (χ2v) is 8.96. The number of para-hydroxylation sites is 1. The molecule has 7 nitrogen and oxygen atoms in total. The second-order valence-electron chi connectivity index (χ2n) is 8.96. The molecule has 0 bridgehead atoms. The SMILES string of the molecule is O=C(NCCCN1CCc2ccccc21)C1CCCN(Cc2nc(-c3ccccc3)no2)C1. The number of nitrogens with zero attached hydrogens (tertiary/aromatic N) is 4. The molecule has 0 saturated carbocycles. The predicted molar refractivity (Wildman–Crippen MR) is 128 cm³/mol. The van der Waals surface area contributed by atoms with Crippen LogP contribution in [0.2, 0.25) is 0 Å². The molecule has 1 unspecified atom stereocenters. The molecule has 3 heterocycles. The molecule has 1 amide bonds. The molecule has 172 valence electrons. The molecular weight excluding hydrogens is 414 g/mol. The Balaban J connectivity index is 1.06. The lowest BCUT2D eigenvalue weighted by Gasteiger charge is -2.31. The Morgan fingerprint density at radius 3 is 2.85 bits per heavy atom. The Morgan fingerprint density at radius 2 is 1.94 bits per heavy atom. The molecule has 1 atom stereocenters. The number of piperidine rings is 1. The summed E-state index contributed by atoms with van der Waals surface area (Å²) < 4.78 is 5.46. The van der Waals surface area contributed by atoms with Crippen LogP contribution >= 0.6 is 0 Å². The van der Waals surface area contributed by atoms with E-state index in [0.717, 1.165) is 64.0 Å². The number of rotatable bonds is 8. The topological polar surface area (TPSA) is 74.5 Å². The fourth-order valence-corrected chi connectivity index (χ4v) is 4.89. The van der Waals surface area contributed by atoms with Gasteiger partial charge in [0, 0.05) is 37.4 Å². The van der Waals surface area contributed by atoms with E-state index in [1.54, 1.807) is 0 Å². The van der Waals surface area contributed by atoms with Gasteiger partial charge in [0.2, 0.25) is 17.6 Å². The smallest absolute Gasteiger partial charge is 0.241 e. The van der Waals surface area contributed by atoms with Crippen molar-refractivity contribution < 1.29 is 9.32 Å². The average molecular weight is 446 g/mol. The molecule has 3 aromatic rings. The lowest BCUT2D eigenvalue weighted by Crippen LogP contribution is -2.43. The van der Waals surface area contributed by atoms with Crippen molar-refractivity contribution in [3.63, 3.8) is 0 Å². The summed E-state index contributed by atoms with van der Waals surface area (Å²) in [7, 11) is 0. The summed E-state index contributed by atoms with van der Waals surface area (Å²) in [5, 5.41) is 7.27. The van der Waals surface area contributed by atoms with Gasteiger partial charge in [0.15, 0.2) is 0 Å². The highest BCUT2D eigenvalue weighted by Gasteiger charge is 2.27. The number of carbonyl (C=O) groups excluding carboxylic acids is 1. The molecule has 0 radical (unpaired) electrons. The van der Waals surface area contributed by atoms with Gasteiger partial charge >= 0.3 is 0 Å². The Labute approximate surface area is 194 Å². The summed E-state index contributed by atoms with van der Waals surface area (Å²) in [6, 6.07) is 18.5. The van der Waals surface area contributed by atoms with Crippen LogP contribution in [0.4, 0.5) is 5.69 Å². The van der Waals surface area contributed by atoms with Crippen molar-refractivity contribution in [3.8, 4) is 11.4 Å². The summed E-state index contributed by atoms with van der Waals surface area (Å²) in [6.45, 7) is 5.03. The number of hydrogen-bond acceptors (Lipinski definition) is 6. The van der Waals surface area contributed by atoms with Gasteiger partial charge in [-0.15, -0.1) is 0 Å². The zero-order valence-corrected chi connectivity index (χ0v) is 18.9. The van der Waals surface area contributed by atoms with Crippen LogP contribution in [0.15, 0.2) is 59.1 Å². The molecule has 2 aromatic carbocycles. The minimum Gasteiger partial charge on any atom is -0.371 e. The first-order valence-corrected chi connectivity index (χ1v) is 12.0. The van der Waals surface area contributed by atoms with Gasteiger partial charge < -0.3 is 14.7 Å². The molecule has 1 saturated heterocycles. The van der Waals surface area contributed by atoms with Gasteiger partial charge in [-0.1, -0.05) is 53.7 Å². The third-order valence-corrected chi connectivity index (χ3v) is 6.62. The zero-order valence-electron chi connectivity index (χ0n) is 18.9. The van der Waals surface area contributed by atoms with Crippen LogP contribution in [0.3, 0.4) is 0 Å². The standard InChI is InChI=1S/C26H31N5O2/c32-26(27-14-7-16-31-17-13-20-8-4-5-12-23(20)31)22-11-6-15-30(18-22)19-24-28-25(29-33-24)21-9-2-1-3-10-21/h1-5,8-10,12,22H,6-7,11,13-19H2,(H,27,32). The number of aromatic nitrogens is 2. The molecule has 7 heteroatoms. The Morgan fingerprint density at radius 1 is 1.09 bits per heavy atom. The van der Waals surface area contributed by atoms with Crippen molar-refractivity contribution in [1.29, 1.82) is 0 Å². The minimum absolute atomic E-state index is 0.0165. The maximum absolute atomic E-state index is 12.8. The number of likely N-dealkylation sites (tertiary alicyclic amines) is 1. The van der Waals surface area contributed by atoms with Crippen LogP contribution in [0.25, 0.3) is 11.4 Å². The summed E-state index contributed by atoms with van der Waals surface area (Å²) in [4.78, 5) is 22.0. The van der Waals surface area contributed by atoms with Crippen molar-refractivity contribution in [2.24, 2.45) is 5.92 Å². The van der Waals surface area contributed by atoms with E-state index in [-0.39, 0.29) is 11.8 Å². The van der Waals surface area contributed by atoms with E-state index in [1.807, 2.05) is 30.3 Å². The lowest BCUT2D eigenvalue weighted by atomic mass is 9.97. The van der Waals surface area contributed by atoms with E-state index in [4.69, 9.17) is 4.52 Å². The fraction of sp³-hybridized carbons (Fsp3) is 0.423. The number of nitrogens with one attached hydrogen (secondary N) is 1. The van der Waals surface area contributed by atoms with E-state index in [9.17, 15) is 4.79 Å². The highest BCUT2D eigenvalue weighted by atomic mass is 16.5. The van der Waals surface area contributed by atoms with Gasteiger partial charge in [0.05, 0.1) is 12.5 Å². The molecule has 1 aromatic heterocycles. The molecule has 1 fully saturated rings. The molecule has 33 heavy (non-hydrogen) atoms.